The first-order chi connectivity index (χ1) is 13.8. The van der Waals surface area contributed by atoms with Gasteiger partial charge in [-0.1, -0.05) is 115 Å². The standard InChI is InChI=1S/C26H41NO/c1-2-3-4-5-6-7-8-9-10-11-12-13-14-15-22-28-26-21-17-18-23-24(26)19-16-20-25(23)27/h16-21H,2-15,22,27H2,1H3. The van der Waals surface area contributed by atoms with E-state index in [9.17, 15) is 0 Å². The van der Waals surface area contributed by atoms with Crippen LogP contribution in [0.4, 0.5) is 5.69 Å². The van der Waals surface area contributed by atoms with E-state index in [1.54, 1.807) is 0 Å². The van der Waals surface area contributed by atoms with E-state index in [0.717, 1.165) is 35.2 Å². The van der Waals surface area contributed by atoms with Gasteiger partial charge in [-0.15, -0.1) is 0 Å². The van der Waals surface area contributed by atoms with Crippen LogP contribution in [0, 0.1) is 0 Å². The summed E-state index contributed by atoms with van der Waals surface area (Å²) in [6.45, 7) is 3.08. The highest BCUT2D eigenvalue weighted by Gasteiger charge is 2.03. The Balaban J connectivity index is 1.44. The van der Waals surface area contributed by atoms with Gasteiger partial charge in [-0.3, -0.25) is 0 Å². The Kier molecular flexibility index (Phi) is 11.6. The van der Waals surface area contributed by atoms with Gasteiger partial charge in [0, 0.05) is 16.5 Å². The number of anilines is 1. The molecule has 0 amide bonds. The number of hydrogen-bond donors (Lipinski definition) is 1. The lowest BCUT2D eigenvalue weighted by molar-refractivity contribution is 0.307. The summed E-state index contributed by atoms with van der Waals surface area (Å²) in [5.41, 5.74) is 6.87. The molecule has 0 saturated carbocycles. The molecule has 2 rings (SSSR count). The van der Waals surface area contributed by atoms with Crippen molar-refractivity contribution >= 4 is 16.5 Å². The van der Waals surface area contributed by atoms with Gasteiger partial charge in [-0.2, -0.15) is 0 Å². The number of hydrogen-bond acceptors (Lipinski definition) is 2. The maximum atomic E-state index is 6.06. The van der Waals surface area contributed by atoms with Crippen molar-refractivity contribution in [3.63, 3.8) is 0 Å². The van der Waals surface area contributed by atoms with Crippen molar-refractivity contribution in [3.05, 3.63) is 36.4 Å². The van der Waals surface area contributed by atoms with Crippen LogP contribution >= 0.6 is 0 Å². The van der Waals surface area contributed by atoms with Crippen LogP contribution in [-0.4, -0.2) is 6.61 Å². The molecule has 0 saturated heterocycles. The van der Waals surface area contributed by atoms with Crippen molar-refractivity contribution in [2.75, 3.05) is 12.3 Å². The molecule has 0 aliphatic carbocycles. The van der Waals surface area contributed by atoms with Crippen LogP contribution in [0.25, 0.3) is 10.8 Å². The van der Waals surface area contributed by atoms with Crippen LogP contribution in [0.15, 0.2) is 36.4 Å². The number of benzene rings is 2. The minimum absolute atomic E-state index is 0.798. The molecule has 28 heavy (non-hydrogen) atoms. The highest BCUT2D eigenvalue weighted by atomic mass is 16.5. The molecule has 2 aromatic rings. The van der Waals surface area contributed by atoms with Gasteiger partial charge in [0.05, 0.1) is 6.61 Å². The van der Waals surface area contributed by atoms with Crippen LogP contribution < -0.4 is 10.5 Å². The highest BCUT2D eigenvalue weighted by Crippen LogP contribution is 2.29. The second kappa shape index (κ2) is 14.3. The maximum absolute atomic E-state index is 6.06. The van der Waals surface area contributed by atoms with Crippen LogP contribution in [-0.2, 0) is 0 Å². The topological polar surface area (TPSA) is 35.2 Å². The fourth-order valence-electron chi connectivity index (χ4n) is 3.91. The largest absolute Gasteiger partial charge is 0.493 e. The zero-order valence-corrected chi connectivity index (χ0v) is 18.1. The molecule has 0 bridgehead atoms. The molecule has 0 aromatic heterocycles. The van der Waals surface area contributed by atoms with Crippen LogP contribution in [0.1, 0.15) is 96.8 Å². The Bertz CT molecular complexity index is 652. The van der Waals surface area contributed by atoms with E-state index < -0.39 is 0 Å². The SMILES string of the molecule is CCCCCCCCCCCCCCCCOc1cccc2c(N)cccc12. The molecule has 0 radical (unpaired) electrons. The molecule has 0 spiro atoms. The summed E-state index contributed by atoms with van der Waals surface area (Å²) in [4.78, 5) is 0. The third-order valence-electron chi connectivity index (χ3n) is 5.67. The van der Waals surface area contributed by atoms with E-state index in [1.165, 1.54) is 83.5 Å². The first-order valence-electron chi connectivity index (χ1n) is 11.7. The molecule has 2 heteroatoms. The normalized spacial score (nSPS) is 11.2. The van der Waals surface area contributed by atoms with Gasteiger partial charge in [0.2, 0.25) is 0 Å². The van der Waals surface area contributed by atoms with E-state index >= 15 is 0 Å². The molecule has 156 valence electrons. The Morgan fingerprint density at radius 2 is 1.11 bits per heavy atom. The van der Waals surface area contributed by atoms with E-state index in [4.69, 9.17) is 10.5 Å². The zero-order valence-electron chi connectivity index (χ0n) is 18.1. The molecule has 0 unspecified atom stereocenters. The maximum Gasteiger partial charge on any atom is 0.127 e. The summed E-state index contributed by atoms with van der Waals surface area (Å²) in [7, 11) is 0. The van der Waals surface area contributed by atoms with Gasteiger partial charge in [0.25, 0.3) is 0 Å². The van der Waals surface area contributed by atoms with Crippen molar-refractivity contribution in [2.45, 2.75) is 96.8 Å². The third-order valence-corrected chi connectivity index (χ3v) is 5.67. The van der Waals surface area contributed by atoms with Crippen molar-refractivity contribution in [1.29, 1.82) is 0 Å². The second-order valence-electron chi connectivity index (χ2n) is 8.14. The first kappa shape index (κ1) is 22.6. The smallest absolute Gasteiger partial charge is 0.127 e. The lowest BCUT2D eigenvalue weighted by Crippen LogP contribution is -1.98. The number of unbranched alkanes of at least 4 members (excludes halogenated alkanes) is 13. The van der Waals surface area contributed by atoms with Crippen LogP contribution in [0.3, 0.4) is 0 Å². The molecule has 2 N–H and O–H groups in total. The monoisotopic (exact) mass is 383 g/mol. The second-order valence-corrected chi connectivity index (χ2v) is 8.14. The minimum Gasteiger partial charge on any atom is -0.493 e. The first-order valence-corrected chi connectivity index (χ1v) is 11.7. The van der Waals surface area contributed by atoms with Gasteiger partial charge in [0.1, 0.15) is 5.75 Å². The summed E-state index contributed by atoms with van der Waals surface area (Å²) >= 11 is 0. The van der Waals surface area contributed by atoms with Gasteiger partial charge < -0.3 is 10.5 Å². The third kappa shape index (κ3) is 8.54. The number of rotatable bonds is 16. The van der Waals surface area contributed by atoms with Crippen molar-refractivity contribution in [3.8, 4) is 5.75 Å². The van der Waals surface area contributed by atoms with Gasteiger partial charge in [0.15, 0.2) is 0 Å². The van der Waals surface area contributed by atoms with Crippen LogP contribution in [0.2, 0.25) is 0 Å². The fourth-order valence-corrected chi connectivity index (χ4v) is 3.91. The summed E-state index contributed by atoms with van der Waals surface area (Å²) in [6, 6.07) is 12.2. The van der Waals surface area contributed by atoms with Crippen molar-refractivity contribution < 1.29 is 4.74 Å². The highest BCUT2D eigenvalue weighted by molar-refractivity contribution is 5.96. The summed E-state index contributed by atoms with van der Waals surface area (Å²) < 4.78 is 6.03. The van der Waals surface area contributed by atoms with Crippen molar-refractivity contribution in [1.82, 2.24) is 0 Å². The summed E-state index contributed by atoms with van der Waals surface area (Å²) in [5, 5.41) is 2.20. The Morgan fingerprint density at radius 1 is 0.607 bits per heavy atom. The molecular formula is C26H41NO. The average Bonchev–Trinajstić information content (AvgIpc) is 2.71. The molecular weight excluding hydrogens is 342 g/mol. The van der Waals surface area contributed by atoms with Crippen molar-refractivity contribution in [2.24, 2.45) is 0 Å². The fraction of sp³-hybridized carbons (Fsp3) is 0.615. The Morgan fingerprint density at radius 3 is 1.71 bits per heavy atom. The summed E-state index contributed by atoms with van der Waals surface area (Å²) in [6.07, 6.45) is 19.4. The Hall–Kier alpha value is -1.70. The van der Waals surface area contributed by atoms with E-state index in [-0.39, 0.29) is 0 Å². The average molecular weight is 384 g/mol. The van der Waals surface area contributed by atoms with E-state index in [2.05, 4.69) is 19.1 Å². The van der Waals surface area contributed by atoms with E-state index in [1.807, 2.05) is 24.3 Å². The number of nitrogen functional groups attached to an aromatic ring is 1. The predicted octanol–water partition coefficient (Wildman–Crippen LogP) is 8.28. The number of fused-ring (bicyclic) bond motifs is 1. The lowest BCUT2D eigenvalue weighted by Gasteiger charge is -2.10. The molecule has 0 atom stereocenters. The molecule has 2 nitrogen and oxygen atoms in total. The molecule has 0 heterocycles. The Labute approximate surface area is 172 Å². The number of nitrogens with two attached hydrogens (primary N) is 1. The molecule has 2 aromatic carbocycles. The molecule has 0 aliphatic rings. The van der Waals surface area contributed by atoms with Gasteiger partial charge >= 0.3 is 0 Å². The van der Waals surface area contributed by atoms with Crippen LogP contribution in [0.5, 0.6) is 5.75 Å². The van der Waals surface area contributed by atoms with Gasteiger partial charge in [-0.05, 0) is 18.6 Å². The molecule has 0 aliphatic heterocycles. The zero-order chi connectivity index (χ0) is 19.9. The quantitative estimate of drug-likeness (QED) is 0.234. The van der Waals surface area contributed by atoms with E-state index in [0.29, 0.717) is 0 Å². The molecule has 0 fully saturated rings. The summed E-state index contributed by atoms with van der Waals surface area (Å²) in [5.74, 6) is 0.958. The predicted molar refractivity (Wildman–Crippen MR) is 124 cm³/mol. The lowest BCUT2D eigenvalue weighted by atomic mass is 10.0. The number of ether oxygens (including phenoxy) is 1. The minimum atomic E-state index is 0.798. The van der Waals surface area contributed by atoms with Gasteiger partial charge in [-0.25, -0.2) is 0 Å².